The summed E-state index contributed by atoms with van der Waals surface area (Å²) in [5, 5.41) is 3.30. The number of benzene rings is 1. The van der Waals surface area contributed by atoms with E-state index in [1.54, 1.807) is 0 Å². The third-order valence-electron chi connectivity index (χ3n) is 3.05. The molecule has 16 heavy (non-hydrogen) atoms. The molecule has 0 aliphatic heterocycles. The highest BCUT2D eigenvalue weighted by Gasteiger charge is 2.23. The minimum Gasteiger partial charge on any atom is -0.319 e. The second-order valence-corrected chi connectivity index (χ2v) is 6.37. The van der Waals surface area contributed by atoms with E-state index in [2.05, 4.69) is 66.3 Å². The van der Waals surface area contributed by atoms with Crippen LogP contribution in [0.2, 0.25) is 0 Å². The zero-order chi connectivity index (χ0) is 12.2. The number of halogens is 1. The Hall–Kier alpha value is -0.340. The predicted molar refractivity (Wildman–Crippen MR) is 74.7 cm³/mol. The van der Waals surface area contributed by atoms with Gasteiger partial charge in [0, 0.05) is 4.47 Å². The van der Waals surface area contributed by atoms with Gasteiger partial charge in [-0.2, -0.15) is 0 Å². The van der Waals surface area contributed by atoms with Crippen molar-refractivity contribution in [2.45, 2.75) is 27.2 Å². The van der Waals surface area contributed by atoms with Crippen molar-refractivity contribution in [3.8, 4) is 0 Å². The molecule has 90 valence electrons. The molecule has 0 saturated heterocycles. The highest BCUT2D eigenvalue weighted by molar-refractivity contribution is 9.10. The summed E-state index contributed by atoms with van der Waals surface area (Å²) < 4.78 is 1.17. The molecule has 0 fully saturated rings. The molecular weight excluding hydrogens is 262 g/mol. The Bertz CT molecular complexity index is 328. The van der Waals surface area contributed by atoms with Gasteiger partial charge in [0.05, 0.1) is 0 Å². The van der Waals surface area contributed by atoms with Crippen LogP contribution in [-0.4, -0.2) is 13.6 Å². The lowest BCUT2D eigenvalue weighted by Crippen LogP contribution is -2.31. The van der Waals surface area contributed by atoms with Gasteiger partial charge in [-0.05, 0) is 49.0 Å². The van der Waals surface area contributed by atoms with Crippen LogP contribution in [0.3, 0.4) is 0 Å². The summed E-state index contributed by atoms with van der Waals surface area (Å²) in [7, 11) is 2.03. The zero-order valence-corrected chi connectivity index (χ0v) is 12.3. The van der Waals surface area contributed by atoms with Crippen molar-refractivity contribution in [3.05, 3.63) is 34.3 Å². The summed E-state index contributed by atoms with van der Waals surface area (Å²) in [6.45, 7) is 8.00. The molecule has 0 amide bonds. The topological polar surface area (TPSA) is 12.0 Å². The Morgan fingerprint density at radius 2 is 2.00 bits per heavy atom. The smallest absolute Gasteiger partial charge is 0.0177 e. The van der Waals surface area contributed by atoms with Gasteiger partial charge in [-0.15, -0.1) is 0 Å². The molecule has 1 rings (SSSR count). The van der Waals surface area contributed by atoms with Crippen LogP contribution in [0.1, 0.15) is 26.3 Å². The normalized spacial score (nSPS) is 13.8. The van der Waals surface area contributed by atoms with Crippen molar-refractivity contribution < 1.29 is 0 Å². The van der Waals surface area contributed by atoms with E-state index < -0.39 is 0 Å². The van der Waals surface area contributed by atoms with Crippen molar-refractivity contribution in [1.29, 1.82) is 0 Å². The van der Waals surface area contributed by atoms with Gasteiger partial charge < -0.3 is 5.32 Å². The molecule has 0 heterocycles. The van der Waals surface area contributed by atoms with Gasteiger partial charge in [-0.25, -0.2) is 0 Å². The van der Waals surface area contributed by atoms with Crippen LogP contribution in [0.25, 0.3) is 0 Å². The number of hydrogen-bond donors (Lipinski definition) is 1. The van der Waals surface area contributed by atoms with E-state index in [9.17, 15) is 0 Å². The predicted octanol–water partition coefficient (Wildman–Crippen LogP) is 3.87. The van der Waals surface area contributed by atoms with E-state index in [4.69, 9.17) is 0 Å². The van der Waals surface area contributed by atoms with Crippen LogP contribution in [0.15, 0.2) is 28.7 Å². The lowest BCUT2D eigenvalue weighted by Gasteiger charge is -2.30. The second kappa shape index (κ2) is 5.83. The van der Waals surface area contributed by atoms with Gasteiger partial charge in [0.15, 0.2) is 0 Å². The third kappa shape index (κ3) is 4.26. The standard InChI is InChI=1S/C14H22BrN/c1-14(2,3)12(10-16-4)8-11-6-5-7-13(15)9-11/h5-7,9,12,16H,8,10H2,1-4H3. The molecular formula is C14H22BrN. The van der Waals surface area contributed by atoms with Crippen molar-refractivity contribution >= 4 is 15.9 Å². The third-order valence-corrected chi connectivity index (χ3v) is 3.54. The largest absolute Gasteiger partial charge is 0.319 e. The lowest BCUT2D eigenvalue weighted by atomic mass is 9.77. The van der Waals surface area contributed by atoms with Gasteiger partial charge in [0.2, 0.25) is 0 Å². The molecule has 0 radical (unpaired) electrons. The Morgan fingerprint density at radius 3 is 2.50 bits per heavy atom. The Morgan fingerprint density at radius 1 is 1.31 bits per heavy atom. The molecule has 0 aliphatic rings. The first-order valence-corrected chi connectivity index (χ1v) is 6.62. The molecule has 1 unspecified atom stereocenters. The summed E-state index contributed by atoms with van der Waals surface area (Å²) in [4.78, 5) is 0. The Labute approximate surface area is 108 Å². The van der Waals surface area contributed by atoms with Gasteiger partial charge in [-0.1, -0.05) is 48.8 Å². The SMILES string of the molecule is CNCC(Cc1cccc(Br)c1)C(C)(C)C. The molecule has 1 N–H and O–H groups in total. The highest BCUT2D eigenvalue weighted by Crippen LogP contribution is 2.29. The summed E-state index contributed by atoms with van der Waals surface area (Å²) in [5.41, 5.74) is 1.75. The number of nitrogens with one attached hydrogen (secondary N) is 1. The number of rotatable bonds is 4. The van der Waals surface area contributed by atoms with Crippen LogP contribution < -0.4 is 5.32 Å². The monoisotopic (exact) mass is 283 g/mol. The maximum Gasteiger partial charge on any atom is 0.0177 e. The van der Waals surface area contributed by atoms with Crippen molar-refractivity contribution in [1.82, 2.24) is 5.32 Å². The average molecular weight is 284 g/mol. The maximum atomic E-state index is 3.53. The van der Waals surface area contributed by atoms with Crippen LogP contribution in [0.4, 0.5) is 0 Å². The van der Waals surface area contributed by atoms with Gasteiger partial charge in [0.25, 0.3) is 0 Å². The first kappa shape index (κ1) is 13.7. The summed E-state index contributed by atoms with van der Waals surface area (Å²) >= 11 is 3.53. The summed E-state index contributed by atoms with van der Waals surface area (Å²) in [6, 6.07) is 8.61. The number of hydrogen-bond acceptors (Lipinski definition) is 1. The zero-order valence-electron chi connectivity index (χ0n) is 10.7. The first-order valence-electron chi connectivity index (χ1n) is 5.82. The van der Waals surface area contributed by atoms with Crippen molar-refractivity contribution in [2.75, 3.05) is 13.6 Å². The fraction of sp³-hybridized carbons (Fsp3) is 0.571. The lowest BCUT2D eigenvalue weighted by molar-refractivity contribution is 0.235. The van der Waals surface area contributed by atoms with Crippen LogP contribution >= 0.6 is 15.9 Å². The molecule has 0 bridgehead atoms. The molecule has 1 aromatic rings. The Balaban J connectivity index is 2.76. The van der Waals surface area contributed by atoms with Crippen molar-refractivity contribution in [3.63, 3.8) is 0 Å². The summed E-state index contributed by atoms with van der Waals surface area (Å²) in [6.07, 6.45) is 1.13. The molecule has 0 aliphatic carbocycles. The Kier molecular flexibility index (Phi) is 5.00. The fourth-order valence-electron chi connectivity index (χ4n) is 1.88. The molecule has 0 spiro atoms. The molecule has 0 saturated carbocycles. The second-order valence-electron chi connectivity index (χ2n) is 5.45. The van der Waals surface area contributed by atoms with Gasteiger partial charge >= 0.3 is 0 Å². The first-order chi connectivity index (χ1) is 7.43. The quantitative estimate of drug-likeness (QED) is 0.885. The van der Waals surface area contributed by atoms with Gasteiger partial charge in [0.1, 0.15) is 0 Å². The molecule has 1 aromatic carbocycles. The minimum absolute atomic E-state index is 0.339. The van der Waals surface area contributed by atoms with E-state index in [0.717, 1.165) is 13.0 Å². The summed E-state index contributed by atoms with van der Waals surface area (Å²) in [5.74, 6) is 0.659. The minimum atomic E-state index is 0.339. The van der Waals surface area contributed by atoms with E-state index in [1.165, 1.54) is 10.0 Å². The average Bonchev–Trinajstić information content (AvgIpc) is 2.16. The molecule has 1 atom stereocenters. The van der Waals surface area contributed by atoms with Crippen LogP contribution in [-0.2, 0) is 6.42 Å². The van der Waals surface area contributed by atoms with E-state index in [1.807, 2.05) is 7.05 Å². The highest BCUT2D eigenvalue weighted by atomic mass is 79.9. The van der Waals surface area contributed by atoms with Crippen LogP contribution in [0.5, 0.6) is 0 Å². The van der Waals surface area contributed by atoms with E-state index in [0.29, 0.717) is 11.3 Å². The van der Waals surface area contributed by atoms with Crippen molar-refractivity contribution in [2.24, 2.45) is 11.3 Å². The van der Waals surface area contributed by atoms with E-state index in [-0.39, 0.29) is 0 Å². The molecule has 2 heteroatoms. The molecule has 1 nitrogen and oxygen atoms in total. The maximum absolute atomic E-state index is 3.53. The van der Waals surface area contributed by atoms with Gasteiger partial charge in [-0.3, -0.25) is 0 Å². The molecule has 0 aromatic heterocycles. The fourth-order valence-corrected chi connectivity index (χ4v) is 2.33. The van der Waals surface area contributed by atoms with E-state index >= 15 is 0 Å². The van der Waals surface area contributed by atoms with Crippen LogP contribution in [0, 0.1) is 11.3 Å².